The van der Waals surface area contributed by atoms with Gasteiger partial charge < -0.3 is 10.1 Å². The van der Waals surface area contributed by atoms with Crippen molar-refractivity contribution in [2.24, 2.45) is 0 Å². The average molecular weight is 221 g/mol. The van der Waals surface area contributed by atoms with Gasteiger partial charge in [-0.15, -0.1) is 0 Å². The van der Waals surface area contributed by atoms with E-state index in [1.807, 2.05) is 45.9 Å². The van der Waals surface area contributed by atoms with Crippen LogP contribution in [0.5, 0.6) is 5.75 Å². The van der Waals surface area contributed by atoms with Crippen LogP contribution in [0, 0.1) is 13.8 Å². The lowest BCUT2D eigenvalue weighted by atomic mass is 10.1. The van der Waals surface area contributed by atoms with E-state index in [1.165, 1.54) is 5.56 Å². The maximum atomic E-state index is 11.4. The van der Waals surface area contributed by atoms with Crippen LogP contribution in [0.1, 0.15) is 25.0 Å². The highest BCUT2D eigenvalue weighted by Crippen LogP contribution is 2.18. The van der Waals surface area contributed by atoms with Gasteiger partial charge in [-0.05, 0) is 39.3 Å². The topological polar surface area (TPSA) is 38.3 Å². The summed E-state index contributed by atoms with van der Waals surface area (Å²) in [4.78, 5) is 11.4. The third-order valence-electron chi connectivity index (χ3n) is 2.14. The van der Waals surface area contributed by atoms with Crippen molar-refractivity contribution in [3.05, 3.63) is 29.3 Å². The van der Waals surface area contributed by atoms with Gasteiger partial charge in [-0.1, -0.05) is 17.7 Å². The molecule has 1 rings (SSSR count). The summed E-state index contributed by atoms with van der Waals surface area (Å²) in [6.07, 6.45) is 0. The zero-order chi connectivity index (χ0) is 12.1. The first-order chi connectivity index (χ1) is 7.49. The summed E-state index contributed by atoms with van der Waals surface area (Å²) in [7, 11) is 0. The van der Waals surface area contributed by atoms with E-state index in [9.17, 15) is 4.79 Å². The second-order valence-corrected chi connectivity index (χ2v) is 4.28. The van der Waals surface area contributed by atoms with Crippen molar-refractivity contribution in [3.63, 3.8) is 0 Å². The molecule has 0 aliphatic heterocycles. The van der Waals surface area contributed by atoms with Gasteiger partial charge in [0, 0.05) is 6.04 Å². The Morgan fingerprint density at radius 1 is 1.38 bits per heavy atom. The normalized spacial score (nSPS) is 10.3. The van der Waals surface area contributed by atoms with E-state index in [4.69, 9.17) is 4.74 Å². The van der Waals surface area contributed by atoms with Crippen LogP contribution in [-0.2, 0) is 4.79 Å². The second kappa shape index (κ2) is 5.54. The molecule has 0 fully saturated rings. The van der Waals surface area contributed by atoms with Gasteiger partial charge in [0.1, 0.15) is 5.75 Å². The maximum Gasteiger partial charge on any atom is 0.258 e. The van der Waals surface area contributed by atoms with Gasteiger partial charge >= 0.3 is 0 Å². The van der Waals surface area contributed by atoms with Crippen molar-refractivity contribution >= 4 is 5.91 Å². The first-order valence-electron chi connectivity index (χ1n) is 5.48. The lowest BCUT2D eigenvalue weighted by Gasteiger charge is -2.11. The van der Waals surface area contributed by atoms with Crippen molar-refractivity contribution < 1.29 is 9.53 Å². The number of rotatable bonds is 4. The number of ether oxygens (including phenoxy) is 1. The molecule has 16 heavy (non-hydrogen) atoms. The van der Waals surface area contributed by atoms with Crippen molar-refractivity contribution in [1.82, 2.24) is 5.32 Å². The van der Waals surface area contributed by atoms with E-state index in [1.54, 1.807) is 0 Å². The predicted molar refractivity (Wildman–Crippen MR) is 64.7 cm³/mol. The third-order valence-corrected chi connectivity index (χ3v) is 2.14. The summed E-state index contributed by atoms with van der Waals surface area (Å²) in [6, 6.07) is 6.06. The van der Waals surface area contributed by atoms with Gasteiger partial charge in [0.2, 0.25) is 0 Å². The Morgan fingerprint density at radius 2 is 2.06 bits per heavy atom. The zero-order valence-electron chi connectivity index (χ0n) is 10.3. The highest BCUT2D eigenvalue weighted by molar-refractivity contribution is 5.77. The van der Waals surface area contributed by atoms with Crippen molar-refractivity contribution in [1.29, 1.82) is 0 Å². The van der Waals surface area contributed by atoms with Gasteiger partial charge in [-0.25, -0.2) is 0 Å². The molecule has 3 nitrogen and oxygen atoms in total. The molecule has 1 N–H and O–H groups in total. The zero-order valence-corrected chi connectivity index (χ0v) is 10.3. The largest absolute Gasteiger partial charge is 0.484 e. The first-order valence-corrected chi connectivity index (χ1v) is 5.48. The van der Waals surface area contributed by atoms with Crippen LogP contribution in [0.3, 0.4) is 0 Å². The SMILES string of the molecule is Cc1ccc(OCC(=O)NC(C)C)c(C)c1. The standard InChI is InChI=1S/C13H19NO2/c1-9(2)14-13(15)8-16-12-6-5-10(3)7-11(12)4/h5-7,9H,8H2,1-4H3,(H,14,15). The summed E-state index contributed by atoms with van der Waals surface area (Å²) >= 11 is 0. The molecule has 1 aromatic carbocycles. The summed E-state index contributed by atoms with van der Waals surface area (Å²) < 4.78 is 5.44. The van der Waals surface area contributed by atoms with E-state index in [0.717, 1.165) is 11.3 Å². The van der Waals surface area contributed by atoms with Gasteiger partial charge in [-0.2, -0.15) is 0 Å². The van der Waals surface area contributed by atoms with Crippen LogP contribution in [0.4, 0.5) is 0 Å². The first kappa shape index (κ1) is 12.6. The van der Waals surface area contributed by atoms with E-state index < -0.39 is 0 Å². The van der Waals surface area contributed by atoms with Crippen LogP contribution in [-0.4, -0.2) is 18.6 Å². The van der Waals surface area contributed by atoms with E-state index in [2.05, 4.69) is 5.32 Å². The van der Waals surface area contributed by atoms with Crippen molar-refractivity contribution in [2.45, 2.75) is 33.7 Å². The average Bonchev–Trinajstić information content (AvgIpc) is 2.15. The van der Waals surface area contributed by atoms with Gasteiger partial charge in [0.05, 0.1) is 0 Å². The fourth-order valence-electron chi connectivity index (χ4n) is 1.47. The number of hydrogen-bond acceptors (Lipinski definition) is 2. The fourth-order valence-corrected chi connectivity index (χ4v) is 1.47. The van der Waals surface area contributed by atoms with Crippen LogP contribution in [0.15, 0.2) is 18.2 Å². The number of benzene rings is 1. The summed E-state index contributed by atoms with van der Waals surface area (Å²) in [6.45, 7) is 7.93. The molecule has 0 radical (unpaired) electrons. The van der Waals surface area contributed by atoms with Crippen molar-refractivity contribution in [3.8, 4) is 5.75 Å². The predicted octanol–water partition coefficient (Wildman–Crippen LogP) is 2.21. The molecule has 0 saturated carbocycles. The number of carbonyl (C=O) groups excluding carboxylic acids is 1. The van der Waals surface area contributed by atoms with Gasteiger partial charge in [0.25, 0.3) is 5.91 Å². The molecule has 3 heteroatoms. The smallest absolute Gasteiger partial charge is 0.258 e. The minimum atomic E-state index is -0.0880. The summed E-state index contributed by atoms with van der Waals surface area (Å²) in [5.74, 6) is 0.680. The van der Waals surface area contributed by atoms with Gasteiger partial charge in [-0.3, -0.25) is 4.79 Å². The minimum absolute atomic E-state index is 0.0715. The minimum Gasteiger partial charge on any atom is -0.484 e. The van der Waals surface area contributed by atoms with E-state index in [0.29, 0.717) is 0 Å². The molecule has 0 heterocycles. The number of aryl methyl sites for hydroxylation is 2. The third kappa shape index (κ3) is 3.93. The second-order valence-electron chi connectivity index (χ2n) is 4.28. The van der Waals surface area contributed by atoms with E-state index >= 15 is 0 Å². The van der Waals surface area contributed by atoms with Crippen LogP contribution >= 0.6 is 0 Å². The molecule has 0 atom stereocenters. The van der Waals surface area contributed by atoms with Crippen molar-refractivity contribution in [2.75, 3.05) is 6.61 Å². The molecule has 0 spiro atoms. The molecule has 0 bridgehead atoms. The Labute approximate surface area is 96.8 Å². The van der Waals surface area contributed by atoms with Crippen LogP contribution < -0.4 is 10.1 Å². The monoisotopic (exact) mass is 221 g/mol. The number of amides is 1. The molecule has 0 aliphatic rings. The Hall–Kier alpha value is -1.51. The Bertz CT molecular complexity index is 372. The number of carbonyl (C=O) groups is 1. The molecule has 0 unspecified atom stereocenters. The molecule has 1 aromatic rings. The summed E-state index contributed by atoms with van der Waals surface area (Å²) in [5.41, 5.74) is 2.24. The lowest BCUT2D eigenvalue weighted by Crippen LogP contribution is -2.34. The molecule has 0 aromatic heterocycles. The highest BCUT2D eigenvalue weighted by Gasteiger charge is 2.05. The molecule has 0 saturated heterocycles. The Morgan fingerprint density at radius 3 is 2.62 bits per heavy atom. The van der Waals surface area contributed by atoms with E-state index in [-0.39, 0.29) is 18.6 Å². The number of nitrogens with one attached hydrogen (secondary N) is 1. The molecular formula is C13H19NO2. The Kier molecular flexibility index (Phi) is 4.35. The van der Waals surface area contributed by atoms with Crippen LogP contribution in [0.25, 0.3) is 0 Å². The molecule has 88 valence electrons. The number of hydrogen-bond donors (Lipinski definition) is 1. The van der Waals surface area contributed by atoms with Gasteiger partial charge in [0.15, 0.2) is 6.61 Å². The maximum absolute atomic E-state index is 11.4. The molecule has 0 aliphatic carbocycles. The fraction of sp³-hybridized carbons (Fsp3) is 0.462. The Balaban J connectivity index is 2.51. The quantitative estimate of drug-likeness (QED) is 0.846. The lowest BCUT2D eigenvalue weighted by molar-refractivity contribution is -0.123. The summed E-state index contributed by atoms with van der Waals surface area (Å²) in [5, 5.41) is 2.78. The van der Waals surface area contributed by atoms with Crippen LogP contribution in [0.2, 0.25) is 0 Å². The highest BCUT2D eigenvalue weighted by atomic mass is 16.5. The molecule has 1 amide bonds. The molecular weight excluding hydrogens is 202 g/mol.